The fourth-order valence-electron chi connectivity index (χ4n) is 3.52. The average Bonchev–Trinajstić information content (AvgIpc) is 3.16. The number of carbonyl (C=O) groups is 2. The molecular formula is C16H22BrN3O5S. The molecule has 1 aromatic heterocycles. The molecular weight excluding hydrogens is 426 g/mol. The van der Waals surface area contributed by atoms with Gasteiger partial charge in [-0.15, -0.1) is 0 Å². The molecule has 0 aliphatic carbocycles. The van der Waals surface area contributed by atoms with Crippen LogP contribution in [-0.4, -0.2) is 68.4 Å². The van der Waals surface area contributed by atoms with Crippen LogP contribution in [0.25, 0.3) is 0 Å². The fraction of sp³-hybridized carbons (Fsp3) is 0.625. The molecule has 0 spiro atoms. The molecule has 8 nitrogen and oxygen atoms in total. The number of hydrogen-bond acceptors (Lipinski definition) is 6. The standard InChI is InChI=1S/C16H22BrN3O5S/c17-14-5-4-13(25-14)16(22)18-8-15(21)19-11-9-26(23,24)10-12(11)20-6-2-1-3-7-20/h4-5,11-12H,1-3,6-10H2,(H,18,22)(H,19,21)/t11-,12+/m1/s1. The third kappa shape index (κ3) is 4.86. The van der Waals surface area contributed by atoms with Gasteiger partial charge >= 0.3 is 0 Å². The minimum absolute atomic E-state index is 0.0566. The summed E-state index contributed by atoms with van der Waals surface area (Å²) in [6.07, 6.45) is 3.25. The number of furan rings is 1. The molecule has 2 amide bonds. The summed E-state index contributed by atoms with van der Waals surface area (Å²) < 4.78 is 29.7. The van der Waals surface area contributed by atoms with Gasteiger partial charge in [0.2, 0.25) is 5.91 Å². The van der Waals surface area contributed by atoms with E-state index < -0.39 is 27.7 Å². The van der Waals surface area contributed by atoms with Crippen molar-refractivity contribution in [2.24, 2.45) is 0 Å². The zero-order chi connectivity index (χ0) is 18.7. The minimum atomic E-state index is -3.18. The summed E-state index contributed by atoms with van der Waals surface area (Å²) in [4.78, 5) is 26.3. The van der Waals surface area contributed by atoms with Crippen molar-refractivity contribution in [2.45, 2.75) is 31.3 Å². The SMILES string of the molecule is O=C(CNC(=O)c1ccc(Br)o1)N[C@@H]1CS(=O)(=O)C[C@@H]1N1CCCCC1. The molecule has 2 fully saturated rings. The number of halogens is 1. The number of rotatable bonds is 5. The second-order valence-corrected chi connectivity index (χ2v) is 9.64. The highest BCUT2D eigenvalue weighted by molar-refractivity contribution is 9.10. The monoisotopic (exact) mass is 447 g/mol. The van der Waals surface area contributed by atoms with Gasteiger partial charge in [-0.2, -0.15) is 0 Å². The maximum absolute atomic E-state index is 12.2. The van der Waals surface area contributed by atoms with E-state index in [0.29, 0.717) is 4.67 Å². The third-order valence-electron chi connectivity index (χ3n) is 4.74. The Labute approximate surface area is 160 Å². The van der Waals surface area contributed by atoms with Crippen molar-refractivity contribution in [1.29, 1.82) is 0 Å². The lowest BCUT2D eigenvalue weighted by atomic mass is 10.0. The Morgan fingerprint density at radius 3 is 2.58 bits per heavy atom. The lowest BCUT2D eigenvalue weighted by molar-refractivity contribution is -0.121. The van der Waals surface area contributed by atoms with E-state index in [1.54, 1.807) is 6.07 Å². The molecule has 2 aliphatic heterocycles. The molecule has 3 heterocycles. The van der Waals surface area contributed by atoms with E-state index in [9.17, 15) is 18.0 Å². The van der Waals surface area contributed by atoms with Crippen LogP contribution < -0.4 is 10.6 Å². The number of piperidine rings is 1. The van der Waals surface area contributed by atoms with Crippen molar-refractivity contribution >= 4 is 37.6 Å². The Hall–Kier alpha value is -1.39. The van der Waals surface area contributed by atoms with Crippen LogP contribution in [0.2, 0.25) is 0 Å². The smallest absolute Gasteiger partial charge is 0.287 e. The molecule has 0 bridgehead atoms. The van der Waals surface area contributed by atoms with Gasteiger partial charge in [-0.05, 0) is 54.0 Å². The van der Waals surface area contributed by atoms with Crippen molar-refractivity contribution in [3.63, 3.8) is 0 Å². The Morgan fingerprint density at radius 1 is 1.19 bits per heavy atom. The number of amides is 2. The zero-order valence-electron chi connectivity index (χ0n) is 14.2. The lowest BCUT2D eigenvalue weighted by Crippen LogP contribution is -2.53. The van der Waals surface area contributed by atoms with E-state index in [4.69, 9.17) is 4.42 Å². The van der Waals surface area contributed by atoms with Crippen LogP contribution in [0.3, 0.4) is 0 Å². The first kappa shape index (κ1) is 19.4. The van der Waals surface area contributed by atoms with Gasteiger partial charge in [0.25, 0.3) is 5.91 Å². The van der Waals surface area contributed by atoms with Crippen LogP contribution in [0.1, 0.15) is 29.8 Å². The van der Waals surface area contributed by atoms with E-state index in [0.717, 1.165) is 32.4 Å². The average molecular weight is 448 g/mol. The fourth-order valence-corrected chi connectivity index (χ4v) is 5.78. The quantitative estimate of drug-likeness (QED) is 0.681. The normalized spacial score (nSPS) is 25.7. The number of carbonyl (C=O) groups excluding carboxylic acids is 2. The second kappa shape index (κ2) is 8.10. The predicted molar refractivity (Wildman–Crippen MR) is 98.5 cm³/mol. The summed E-state index contributed by atoms with van der Waals surface area (Å²) >= 11 is 3.11. The summed E-state index contributed by atoms with van der Waals surface area (Å²) in [6, 6.07) is 2.44. The van der Waals surface area contributed by atoms with Crippen molar-refractivity contribution in [3.8, 4) is 0 Å². The first-order valence-corrected chi connectivity index (χ1v) is 11.2. The van der Waals surface area contributed by atoms with Crippen molar-refractivity contribution in [2.75, 3.05) is 31.1 Å². The van der Waals surface area contributed by atoms with E-state index in [1.165, 1.54) is 6.07 Å². The predicted octanol–water partition coefficient (Wildman–Crippen LogP) is 0.540. The molecule has 3 rings (SSSR count). The molecule has 0 aromatic carbocycles. The van der Waals surface area contributed by atoms with Crippen molar-refractivity contribution in [1.82, 2.24) is 15.5 Å². The molecule has 144 valence electrons. The van der Waals surface area contributed by atoms with Gasteiger partial charge in [0, 0.05) is 6.04 Å². The highest BCUT2D eigenvalue weighted by Crippen LogP contribution is 2.22. The maximum atomic E-state index is 12.2. The molecule has 2 atom stereocenters. The van der Waals surface area contributed by atoms with E-state index in [1.807, 2.05) is 0 Å². The molecule has 2 aliphatic rings. The number of likely N-dealkylation sites (tertiary alicyclic amines) is 1. The summed E-state index contributed by atoms with van der Waals surface area (Å²) in [5.74, 6) is -0.797. The first-order valence-electron chi connectivity index (χ1n) is 8.61. The number of nitrogens with zero attached hydrogens (tertiary/aromatic N) is 1. The van der Waals surface area contributed by atoms with Gasteiger partial charge in [0.15, 0.2) is 20.3 Å². The van der Waals surface area contributed by atoms with E-state index >= 15 is 0 Å². The summed E-state index contributed by atoms with van der Waals surface area (Å²) in [5.41, 5.74) is 0. The van der Waals surface area contributed by atoms with Gasteiger partial charge in [-0.1, -0.05) is 6.42 Å². The van der Waals surface area contributed by atoms with Gasteiger partial charge in [0.05, 0.1) is 24.1 Å². The first-order chi connectivity index (χ1) is 12.3. The van der Waals surface area contributed by atoms with Crippen molar-refractivity contribution in [3.05, 3.63) is 22.6 Å². The summed E-state index contributed by atoms with van der Waals surface area (Å²) in [7, 11) is -3.18. The number of nitrogens with one attached hydrogen (secondary N) is 2. The van der Waals surface area contributed by atoms with Crippen LogP contribution in [0.5, 0.6) is 0 Å². The Kier molecular flexibility index (Phi) is 6.03. The Balaban J connectivity index is 1.55. The zero-order valence-corrected chi connectivity index (χ0v) is 16.6. The van der Waals surface area contributed by atoms with Crippen LogP contribution in [0, 0.1) is 0 Å². The second-order valence-electron chi connectivity index (χ2n) is 6.70. The molecule has 0 unspecified atom stereocenters. The molecule has 2 saturated heterocycles. The minimum Gasteiger partial charge on any atom is -0.444 e. The van der Waals surface area contributed by atoms with Crippen molar-refractivity contribution < 1.29 is 22.4 Å². The number of hydrogen-bond donors (Lipinski definition) is 2. The summed E-state index contributed by atoms with van der Waals surface area (Å²) in [6.45, 7) is 1.48. The highest BCUT2D eigenvalue weighted by Gasteiger charge is 2.41. The van der Waals surface area contributed by atoms with Gasteiger partial charge in [-0.3, -0.25) is 14.5 Å². The molecule has 10 heteroatoms. The molecule has 1 aromatic rings. The largest absolute Gasteiger partial charge is 0.444 e. The van der Waals surface area contributed by atoms with E-state index in [2.05, 4.69) is 31.5 Å². The van der Waals surface area contributed by atoms with Crippen LogP contribution in [0.4, 0.5) is 0 Å². The van der Waals surface area contributed by atoms with Crippen LogP contribution >= 0.6 is 15.9 Å². The summed E-state index contributed by atoms with van der Waals surface area (Å²) in [5, 5.41) is 5.25. The molecule has 0 radical (unpaired) electrons. The Bertz CT molecular complexity index is 773. The molecule has 26 heavy (non-hydrogen) atoms. The van der Waals surface area contributed by atoms with Gasteiger partial charge < -0.3 is 15.1 Å². The van der Waals surface area contributed by atoms with Crippen LogP contribution in [-0.2, 0) is 14.6 Å². The number of sulfone groups is 1. The molecule has 2 N–H and O–H groups in total. The van der Waals surface area contributed by atoms with Gasteiger partial charge in [-0.25, -0.2) is 8.42 Å². The lowest BCUT2D eigenvalue weighted by Gasteiger charge is -2.35. The van der Waals surface area contributed by atoms with E-state index in [-0.39, 0.29) is 29.9 Å². The van der Waals surface area contributed by atoms with Gasteiger partial charge in [0.1, 0.15) is 0 Å². The molecule has 0 saturated carbocycles. The van der Waals surface area contributed by atoms with Crippen LogP contribution in [0.15, 0.2) is 21.2 Å². The highest BCUT2D eigenvalue weighted by atomic mass is 79.9. The maximum Gasteiger partial charge on any atom is 0.287 e. The Morgan fingerprint density at radius 2 is 1.92 bits per heavy atom. The topological polar surface area (TPSA) is 109 Å². The third-order valence-corrected chi connectivity index (χ3v) is 6.88.